The Bertz CT molecular complexity index is 936. The SMILES string of the molecule is CC(C)Oc1ccc2nc3ccc(C#N)cn3c(=O)c2c1. The first-order valence-corrected chi connectivity index (χ1v) is 6.61. The lowest BCUT2D eigenvalue weighted by atomic mass is 10.2. The van der Waals surface area contributed by atoms with E-state index in [1.165, 1.54) is 10.6 Å². The summed E-state index contributed by atoms with van der Waals surface area (Å²) in [7, 11) is 0. The monoisotopic (exact) mass is 279 g/mol. The molecule has 104 valence electrons. The van der Waals surface area contributed by atoms with Crippen LogP contribution in [-0.2, 0) is 0 Å². The van der Waals surface area contributed by atoms with Crippen LogP contribution in [0.2, 0.25) is 0 Å². The molecule has 0 saturated carbocycles. The average Bonchev–Trinajstić information content (AvgIpc) is 2.47. The molecule has 5 heteroatoms. The van der Waals surface area contributed by atoms with Gasteiger partial charge in [0.15, 0.2) is 0 Å². The molecule has 5 nitrogen and oxygen atoms in total. The van der Waals surface area contributed by atoms with Crippen molar-refractivity contribution in [3.8, 4) is 11.8 Å². The lowest BCUT2D eigenvalue weighted by Gasteiger charge is -2.10. The van der Waals surface area contributed by atoms with E-state index >= 15 is 0 Å². The molecule has 1 aromatic carbocycles. The number of aromatic nitrogens is 2. The van der Waals surface area contributed by atoms with Gasteiger partial charge in [0.1, 0.15) is 17.5 Å². The smallest absolute Gasteiger partial charge is 0.265 e. The topological polar surface area (TPSA) is 67.4 Å². The van der Waals surface area contributed by atoms with Crippen molar-refractivity contribution in [3.63, 3.8) is 0 Å². The van der Waals surface area contributed by atoms with Gasteiger partial charge in [-0.15, -0.1) is 0 Å². The summed E-state index contributed by atoms with van der Waals surface area (Å²) >= 11 is 0. The molecule has 21 heavy (non-hydrogen) atoms. The second-order valence-corrected chi connectivity index (χ2v) is 5.02. The summed E-state index contributed by atoms with van der Waals surface area (Å²) in [5, 5.41) is 9.41. The molecule has 0 unspecified atom stereocenters. The molecular formula is C16H13N3O2. The molecule has 0 aliphatic rings. The number of nitriles is 1. The Morgan fingerprint density at radius 3 is 2.81 bits per heavy atom. The van der Waals surface area contributed by atoms with Gasteiger partial charge in [0.2, 0.25) is 0 Å². The maximum atomic E-state index is 12.6. The predicted molar refractivity (Wildman–Crippen MR) is 79.4 cm³/mol. The van der Waals surface area contributed by atoms with Crippen LogP contribution >= 0.6 is 0 Å². The van der Waals surface area contributed by atoms with E-state index in [2.05, 4.69) is 4.98 Å². The highest BCUT2D eigenvalue weighted by Crippen LogP contribution is 2.18. The van der Waals surface area contributed by atoms with Crippen LogP contribution in [0, 0.1) is 11.3 Å². The minimum absolute atomic E-state index is 0.0313. The van der Waals surface area contributed by atoms with Crippen molar-refractivity contribution in [1.29, 1.82) is 5.26 Å². The lowest BCUT2D eigenvalue weighted by Crippen LogP contribution is -2.15. The zero-order chi connectivity index (χ0) is 15.0. The quantitative estimate of drug-likeness (QED) is 0.676. The van der Waals surface area contributed by atoms with E-state index in [1.807, 2.05) is 19.9 Å². The highest BCUT2D eigenvalue weighted by atomic mass is 16.5. The van der Waals surface area contributed by atoms with E-state index in [0.717, 1.165) is 0 Å². The van der Waals surface area contributed by atoms with Gasteiger partial charge in [0.05, 0.1) is 22.6 Å². The molecule has 0 aliphatic carbocycles. The summed E-state index contributed by atoms with van der Waals surface area (Å²) in [5.41, 5.74) is 1.34. The molecule has 3 rings (SSSR count). The molecule has 0 bridgehead atoms. The number of hydrogen-bond donors (Lipinski definition) is 0. The van der Waals surface area contributed by atoms with Gasteiger partial charge in [-0.3, -0.25) is 9.20 Å². The zero-order valence-corrected chi connectivity index (χ0v) is 11.7. The van der Waals surface area contributed by atoms with Gasteiger partial charge in [-0.2, -0.15) is 5.26 Å². The zero-order valence-electron chi connectivity index (χ0n) is 11.7. The van der Waals surface area contributed by atoms with Crippen molar-refractivity contribution in [2.75, 3.05) is 0 Å². The maximum absolute atomic E-state index is 12.6. The van der Waals surface area contributed by atoms with Crippen LogP contribution in [0.1, 0.15) is 19.4 Å². The van der Waals surface area contributed by atoms with Crippen LogP contribution in [0.25, 0.3) is 16.6 Å². The highest BCUT2D eigenvalue weighted by Gasteiger charge is 2.08. The van der Waals surface area contributed by atoms with Gasteiger partial charge in [-0.05, 0) is 44.2 Å². The van der Waals surface area contributed by atoms with Gasteiger partial charge in [-0.1, -0.05) is 0 Å². The Labute approximate surface area is 121 Å². The second kappa shape index (κ2) is 4.91. The van der Waals surface area contributed by atoms with E-state index in [9.17, 15) is 4.79 Å². The van der Waals surface area contributed by atoms with E-state index in [-0.39, 0.29) is 11.7 Å². The molecule has 2 aromatic heterocycles. The van der Waals surface area contributed by atoms with E-state index in [4.69, 9.17) is 10.00 Å². The molecule has 3 aromatic rings. The van der Waals surface area contributed by atoms with Crippen molar-refractivity contribution in [2.24, 2.45) is 0 Å². The van der Waals surface area contributed by atoms with E-state index in [1.54, 1.807) is 30.3 Å². The first kappa shape index (κ1) is 13.1. The largest absolute Gasteiger partial charge is 0.491 e. The van der Waals surface area contributed by atoms with Crippen LogP contribution in [0.4, 0.5) is 0 Å². The molecule has 0 atom stereocenters. The molecule has 0 radical (unpaired) electrons. The molecule has 0 N–H and O–H groups in total. The number of nitrogens with zero attached hydrogens (tertiary/aromatic N) is 3. The number of ether oxygens (including phenoxy) is 1. The van der Waals surface area contributed by atoms with Crippen molar-refractivity contribution in [1.82, 2.24) is 9.38 Å². The molecular weight excluding hydrogens is 266 g/mol. The summed E-state index contributed by atoms with van der Waals surface area (Å²) in [6.45, 7) is 3.85. The highest BCUT2D eigenvalue weighted by molar-refractivity contribution is 5.81. The average molecular weight is 279 g/mol. The number of pyridine rings is 1. The Hall–Kier alpha value is -2.87. The van der Waals surface area contributed by atoms with Crippen LogP contribution in [-0.4, -0.2) is 15.5 Å². The number of rotatable bonds is 2. The second-order valence-electron chi connectivity index (χ2n) is 5.02. The molecule has 2 heterocycles. The lowest BCUT2D eigenvalue weighted by molar-refractivity contribution is 0.242. The first-order valence-electron chi connectivity index (χ1n) is 6.61. The first-order chi connectivity index (χ1) is 10.1. The molecule has 0 saturated heterocycles. The normalized spacial score (nSPS) is 11.0. The summed E-state index contributed by atoms with van der Waals surface area (Å²) in [6.07, 6.45) is 1.53. The Morgan fingerprint density at radius 2 is 2.10 bits per heavy atom. The fourth-order valence-electron chi connectivity index (χ4n) is 2.20. The summed E-state index contributed by atoms with van der Waals surface area (Å²) in [4.78, 5) is 17.0. The Morgan fingerprint density at radius 1 is 1.29 bits per heavy atom. The number of fused-ring (bicyclic) bond motifs is 2. The molecule has 0 fully saturated rings. The maximum Gasteiger partial charge on any atom is 0.265 e. The third-order valence-electron chi connectivity index (χ3n) is 3.08. The number of benzene rings is 1. The van der Waals surface area contributed by atoms with E-state index in [0.29, 0.717) is 27.9 Å². The number of hydrogen-bond acceptors (Lipinski definition) is 4. The van der Waals surface area contributed by atoms with Crippen molar-refractivity contribution >= 4 is 16.6 Å². The summed E-state index contributed by atoms with van der Waals surface area (Å²) in [6, 6.07) is 10.6. The van der Waals surface area contributed by atoms with Crippen molar-refractivity contribution in [3.05, 3.63) is 52.4 Å². The van der Waals surface area contributed by atoms with Gasteiger partial charge < -0.3 is 4.74 Å². The molecule has 0 spiro atoms. The van der Waals surface area contributed by atoms with Gasteiger partial charge in [0.25, 0.3) is 5.56 Å². The van der Waals surface area contributed by atoms with Crippen LogP contribution in [0.15, 0.2) is 41.3 Å². The van der Waals surface area contributed by atoms with Gasteiger partial charge in [-0.25, -0.2) is 4.98 Å². The Balaban J connectivity index is 2.31. The van der Waals surface area contributed by atoms with E-state index < -0.39 is 0 Å². The minimum Gasteiger partial charge on any atom is -0.491 e. The van der Waals surface area contributed by atoms with Crippen molar-refractivity contribution in [2.45, 2.75) is 20.0 Å². The fourth-order valence-corrected chi connectivity index (χ4v) is 2.20. The summed E-state index contributed by atoms with van der Waals surface area (Å²) in [5.74, 6) is 0.632. The molecule has 0 aliphatic heterocycles. The Kier molecular flexibility index (Phi) is 3.07. The van der Waals surface area contributed by atoms with Gasteiger partial charge >= 0.3 is 0 Å². The predicted octanol–water partition coefficient (Wildman–Crippen LogP) is 2.51. The standard InChI is InChI=1S/C16H13N3O2/c1-10(2)21-12-4-5-14-13(7-12)16(20)19-9-11(8-17)3-6-15(19)18-14/h3-7,9-10H,1-2H3. The molecule has 0 amide bonds. The fraction of sp³-hybridized carbons (Fsp3) is 0.188. The van der Waals surface area contributed by atoms with Crippen molar-refractivity contribution < 1.29 is 4.74 Å². The third-order valence-corrected chi connectivity index (χ3v) is 3.08. The van der Waals surface area contributed by atoms with Crippen LogP contribution < -0.4 is 10.3 Å². The van der Waals surface area contributed by atoms with Crippen LogP contribution in [0.3, 0.4) is 0 Å². The minimum atomic E-state index is -0.207. The summed E-state index contributed by atoms with van der Waals surface area (Å²) < 4.78 is 6.99. The third kappa shape index (κ3) is 2.32. The van der Waals surface area contributed by atoms with Crippen LogP contribution in [0.5, 0.6) is 5.75 Å². The van der Waals surface area contributed by atoms with Gasteiger partial charge in [0, 0.05) is 6.20 Å².